The summed E-state index contributed by atoms with van der Waals surface area (Å²) < 4.78 is 50.7. The highest BCUT2D eigenvalue weighted by Crippen LogP contribution is 2.34. The molecule has 0 radical (unpaired) electrons. The Bertz CT molecular complexity index is 1470. The number of piperazine rings is 1. The predicted octanol–water partition coefficient (Wildman–Crippen LogP) is 1.54. The lowest BCUT2D eigenvalue weighted by atomic mass is 10.2. The second kappa shape index (κ2) is 8.15. The van der Waals surface area contributed by atoms with E-state index in [0.717, 1.165) is 41.1 Å². The summed E-state index contributed by atoms with van der Waals surface area (Å²) in [5.74, 6) is 0. The molecule has 170 valence electrons. The molecule has 0 amide bonds. The van der Waals surface area contributed by atoms with E-state index in [1.807, 2.05) is 0 Å². The number of nitrogens with zero attached hydrogens (tertiary/aromatic N) is 4. The van der Waals surface area contributed by atoms with E-state index in [1.54, 1.807) is 16.3 Å². The summed E-state index contributed by atoms with van der Waals surface area (Å²) >= 11 is 2.03. The maximum Gasteiger partial charge on any atom is 0.288 e. The topological polar surface area (TPSA) is 148 Å². The van der Waals surface area contributed by atoms with Crippen LogP contribution in [0.25, 0.3) is 10.1 Å². The van der Waals surface area contributed by atoms with Crippen molar-refractivity contribution >= 4 is 63.4 Å². The zero-order valence-electron chi connectivity index (χ0n) is 16.5. The van der Waals surface area contributed by atoms with Crippen molar-refractivity contribution in [1.29, 1.82) is 0 Å². The molecule has 1 aliphatic rings. The molecule has 11 nitrogen and oxygen atoms in total. The van der Waals surface area contributed by atoms with E-state index in [4.69, 9.17) is 0 Å². The Balaban J connectivity index is 1.69. The fourth-order valence-corrected chi connectivity index (χ4v) is 7.60. The van der Waals surface area contributed by atoms with Crippen LogP contribution in [0.4, 0.5) is 10.8 Å². The SMILES string of the molecule is CS(=O)(=O)c1cc([N+](=O)[O-])c2sc(N3CCN(S(=O)(=O)c4cccs4)CC3)nc(=O)c2c1. The Hall–Kier alpha value is -2.46. The van der Waals surface area contributed by atoms with Gasteiger partial charge in [0.2, 0.25) is 0 Å². The maximum atomic E-state index is 12.7. The van der Waals surface area contributed by atoms with E-state index < -0.39 is 36.0 Å². The van der Waals surface area contributed by atoms with Crippen molar-refractivity contribution in [2.24, 2.45) is 0 Å². The van der Waals surface area contributed by atoms with Gasteiger partial charge in [-0.15, -0.1) is 11.3 Å². The van der Waals surface area contributed by atoms with Gasteiger partial charge in [-0.05, 0) is 17.5 Å². The molecule has 0 atom stereocenters. The number of fused-ring (bicyclic) bond motifs is 1. The van der Waals surface area contributed by atoms with Crippen LogP contribution < -0.4 is 10.5 Å². The van der Waals surface area contributed by atoms with Gasteiger partial charge >= 0.3 is 0 Å². The van der Waals surface area contributed by atoms with Gasteiger partial charge in [0.25, 0.3) is 21.3 Å². The Labute approximate surface area is 190 Å². The number of thiophene rings is 1. The molecule has 32 heavy (non-hydrogen) atoms. The fourth-order valence-electron chi connectivity index (χ4n) is 3.26. The second-order valence-corrected chi connectivity index (χ2v) is 13.1. The largest absolute Gasteiger partial charge is 0.345 e. The number of rotatable bonds is 5. The number of nitro benzene ring substituents is 1. The molecule has 2 aromatic heterocycles. The van der Waals surface area contributed by atoms with E-state index in [-0.39, 0.29) is 50.5 Å². The highest BCUT2D eigenvalue weighted by atomic mass is 32.2. The lowest BCUT2D eigenvalue weighted by Gasteiger charge is -2.33. The van der Waals surface area contributed by atoms with Gasteiger partial charge < -0.3 is 4.90 Å². The molecular formula is C17H16N4O7S4. The summed E-state index contributed by atoms with van der Waals surface area (Å²) in [6, 6.07) is 5.22. The standard InChI is InChI=1S/C17H16N4O7S4/c1-31(25,26)11-9-12-15(13(10-11)21(23)24)30-17(18-16(12)22)19-4-6-20(7-5-19)32(27,28)14-3-2-8-29-14/h2-3,8-10H,4-7H2,1H3. The third-order valence-electron chi connectivity index (χ3n) is 4.89. The zero-order chi connectivity index (χ0) is 23.3. The van der Waals surface area contributed by atoms with Crippen molar-refractivity contribution in [3.63, 3.8) is 0 Å². The first-order valence-electron chi connectivity index (χ1n) is 9.10. The molecule has 0 bridgehead atoms. The van der Waals surface area contributed by atoms with E-state index in [1.165, 1.54) is 10.4 Å². The van der Waals surface area contributed by atoms with Gasteiger partial charge in [0.15, 0.2) is 15.0 Å². The number of aromatic nitrogens is 1. The molecule has 1 saturated heterocycles. The number of anilines is 1. The first-order chi connectivity index (χ1) is 15.0. The minimum atomic E-state index is -3.77. The number of non-ortho nitro benzene ring substituents is 1. The van der Waals surface area contributed by atoms with Gasteiger partial charge in [0, 0.05) is 38.5 Å². The summed E-state index contributed by atoms with van der Waals surface area (Å²) in [4.78, 5) is 28.8. The molecule has 1 fully saturated rings. The van der Waals surface area contributed by atoms with Crippen LogP contribution in [0.3, 0.4) is 0 Å². The number of sulfone groups is 1. The highest BCUT2D eigenvalue weighted by Gasteiger charge is 2.31. The molecule has 3 aromatic rings. The van der Waals surface area contributed by atoms with Crippen molar-refractivity contribution in [1.82, 2.24) is 9.29 Å². The Morgan fingerprint density at radius 1 is 1.12 bits per heavy atom. The van der Waals surface area contributed by atoms with Gasteiger partial charge in [0.05, 0.1) is 15.2 Å². The van der Waals surface area contributed by atoms with E-state index in [0.29, 0.717) is 0 Å². The van der Waals surface area contributed by atoms with Crippen molar-refractivity contribution in [2.45, 2.75) is 9.10 Å². The molecule has 15 heteroatoms. The molecule has 0 N–H and O–H groups in total. The molecule has 4 rings (SSSR count). The Morgan fingerprint density at radius 2 is 1.81 bits per heavy atom. The average molecular weight is 517 g/mol. The molecule has 1 aliphatic heterocycles. The first kappa shape index (κ1) is 22.7. The molecule has 0 saturated carbocycles. The number of sulfonamides is 1. The fraction of sp³-hybridized carbons (Fsp3) is 0.294. The van der Waals surface area contributed by atoms with Gasteiger partial charge in [-0.25, -0.2) is 16.8 Å². The van der Waals surface area contributed by atoms with Crippen LogP contribution in [0.1, 0.15) is 0 Å². The smallest absolute Gasteiger partial charge is 0.288 e. The number of hydrogen-bond donors (Lipinski definition) is 0. The van der Waals surface area contributed by atoms with E-state index in [9.17, 15) is 31.7 Å². The summed E-state index contributed by atoms with van der Waals surface area (Å²) in [6.07, 6.45) is 0.900. The molecule has 0 unspecified atom stereocenters. The number of benzene rings is 1. The number of nitro groups is 1. The van der Waals surface area contributed by atoms with Gasteiger partial charge in [-0.1, -0.05) is 17.4 Å². The zero-order valence-corrected chi connectivity index (χ0v) is 19.8. The lowest BCUT2D eigenvalue weighted by Crippen LogP contribution is -2.48. The second-order valence-electron chi connectivity index (χ2n) is 6.97. The first-order valence-corrected chi connectivity index (χ1v) is 14.1. The van der Waals surface area contributed by atoms with Gasteiger partial charge in [0.1, 0.15) is 8.91 Å². The Morgan fingerprint density at radius 3 is 2.38 bits per heavy atom. The van der Waals surface area contributed by atoms with Crippen molar-refractivity contribution in [3.05, 3.63) is 50.1 Å². The molecule has 0 spiro atoms. The maximum absolute atomic E-state index is 12.7. The molecule has 1 aromatic carbocycles. The third-order valence-corrected chi connectivity index (χ3v) is 10.4. The van der Waals surface area contributed by atoms with Crippen LogP contribution in [0.15, 0.2) is 43.5 Å². The van der Waals surface area contributed by atoms with E-state index in [2.05, 4.69) is 4.98 Å². The third kappa shape index (κ3) is 4.13. The van der Waals surface area contributed by atoms with Crippen molar-refractivity contribution < 1.29 is 21.8 Å². The van der Waals surface area contributed by atoms with Crippen LogP contribution in [0.2, 0.25) is 0 Å². The van der Waals surface area contributed by atoms with Crippen molar-refractivity contribution in [2.75, 3.05) is 37.3 Å². The minimum Gasteiger partial charge on any atom is -0.345 e. The molecular weight excluding hydrogens is 500 g/mol. The van der Waals surface area contributed by atoms with Crippen LogP contribution in [0, 0.1) is 10.1 Å². The summed E-state index contributed by atoms with van der Waals surface area (Å²) in [5, 5.41) is 13.3. The predicted molar refractivity (Wildman–Crippen MR) is 121 cm³/mol. The minimum absolute atomic E-state index is 0.0195. The summed E-state index contributed by atoms with van der Waals surface area (Å²) in [6.45, 7) is 0.814. The molecule has 3 heterocycles. The normalized spacial score (nSPS) is 15.8. The summed E-state index contributed by atoms with van der Waals surface area (Å²) in [5.41, 5.74) is -1.27. The van der Waals surface area contributed by atoms with Gasteiger partial charge in [-0.3, -0.25) is 14.9 Å². The van der Waals surface area contributed by atoms with E-state index >= 15 is 0 Å². The highest BCUT2D eigenvalue weighted by molar-refractivity contribution is 7.91. The van der Waals surface area contributed by atoms with Crippen LogP contribution in [-0.2, 0) is 19.9 Å². The van der Waals surface area contributed by atoms with Crippen LogP contribution in [-0.4, -0.2) is 63.5 Å². The quantitative estimate of drug-likeness (QED) is 0.364. The average Bonchev–Trinajstić information content (AvgIpc) is 3.28. The lowest BCUT2D eigenvalue weighted by molar-refractivity contribution is -0.383. The Kier molecular flexibility index (Phi) is 5.79. The summed E-state index contributed by atoms with van der Waals surface area (Å²) in [7, 11) is -7.38. The van der Waals surface area contributed by atoms with Crippen LogP contribution in [0.5, 0.6) is 0 Å². The van der Waals surface area contributed by atoms with Crippen LogP contribution >= 0.6 is 22.7 Å². The van der Waals surface area contributed by atoms with Gasteiger partial charge in [-0.2, -0.15) is 9.29 Å². The monoisotopic (exact) mass is 516 g/mol. The van der Waals surface area contributed by atoms with Crippen molar-refractivity contribution in [3.8, 4) is 0 Å². The molecule has 0 aliphatic carbocycles. The number of hydrogen-bond acceptors (Lipinski definition) is 11.